The minimum Gasteiger partial charge on any atom is -0.497 e. The van der Waals surface area contributed by atoms with Gasteiger partial charge in [-0.2, -0.15) is 0 Å². The molecule has 47 heavy (non-hydrogen) atoms. The first kappa shape index (κ1) is 35.4. The maximum Gasteiger partial charge on any atom is 0.307 e. The topological polar surface area (TPSA) is 175 Å². The predicted molar refractivity (Wildman–Crippen MR) is 181 cm³/mol. The third-order valence-electron chi connectivity index (χ3n) is 8.48. The Morgan fingerprint density at radius 2 is 1.55 bits per heavy atom. The number of nitrogen functional groups attached to an aromatic ring is 2. The van der Waals surface area contributed by atoms with E-state index in [4.69, 9.17) is 27.8 Å². The summed E-state index contributed by atoms with van der Waals surface area (Å²) in [6, 6.07) is 14.7. The molecule has 12 nitrogen and oxygen atoms in total. The summed E-state index contributed by atoms with van der Waals surface area (Å²) in [5.74, 6) is -0.440. The van der Waals surface area contributed by atoms with Crippen LogP contribution in [0, 0.1) is 0 Å². The van der Waals surface area contributed by atoms with Gasteiger partial charge in [-0.15, -0.1) is 0 Å². The van der Waals surface area contributed by atoms with Crippen LogP contribution < -0.4 is 26.8 Å². The lowest BCUT2D eigenvalue weighted by molar-refractivity contribution is -0.140. The molecule has 0 bridgehead atoms. The highest BCUT2D eigenvalue weighted by atomic mass is 35.5. The monoisotopic (exact) mass is 665 g/mol. The zero-order valence-electron chi connectivity index (χ0n) is 27.0. The van der Waals surface area contributed by atoms with E-state index in [-0.39, 0.29) is 47.3 Å². The van der Waals surface area contributed by atoms with Crippen molar-refractivity contribution in [2.75, 3.05) is 51.9 Å². The smallest absolute Gasteiger partial charge is 0.307 e. The zero-order chi connectivity index (χ0) is 33.8. The number of rotatable bonds is 15. The Bertz CT molecular complexity index is 1500. The third kappa shape index (κ3) is 10.3. The molecule has 1 aromatic heterocycles. The first-order valence-electron chi connectivity index (χ1n) is 15.9. The highest BCUT2D eigenvalue weighted by Gasteiger charge is 2.24. The van der Waals surface area contributed by atoms with E-state index in [9.17, 15) is 14.4 Å². The van der Waals surface area contributed by atoms with Crippen LogP contribution in [0.25, 0.3) is 0 Å². The molecule has 6 N–H and O–H groups in total. The minimum atomic E-state index is -0.541. The van der Waals surface area contributed by atoms with E-state index in [1.54, 1.807) is 31.4 Å². The summed E-state index contributed by atoms with van der Waals surface area (Å²) in [6.45, 7) is 3.37. The Balaban J connectivity index is 1.55. The quantitative estimate of drug-likeness (QED) is 0.169. The lowest BCUT2D eigenvalue weighted by Gasteiger charge is -2.29. The number of amides is 2. The summed E-state index contributed by atoms with van der Waals surface area (Å²) in [4.78, 5) is 48.1. The van der Waals surface area contributed by atoms with Gasteiger partial charge in [-0.3, -0.25) is 14.4 Å². The number of nitrogens with one attached hydrogen (secondary N) is 2. The van der Waals surface area contributed by atoms with Gasteiger partial charge in [0.2, 0.25) is 0 Å². The first-order chi connectivity index (χ1) is 22.7. The second-order valence-electron chi connectivity index (χ2n) is 11.6. The van der Waals surface area contributed by atoms with Crippen molar-refractivity contribution in [2.24, 2.45) is 0 Å². The normalized spacial score (nSPS) is 14.5. The van der Waals surface area contributed by atoms with Gasteiger partial charge in [0, 0.05) is 12.1 Å². The number of carbonyl (C=O) groups excluding carboxylic acids is 3. The molecule has 2 unspecified atom stereocenters. The van der Waals surface area contributed by atoms with Crippen LogP contribution >= 0.6 is 11.6 Å². The number of likely N-dealkylation sites (tertiary alicyclic amines) is 1. The number of halogens is 1. The molecule has 3 aromatic rings. The fraction of sp³-hybridized carbons (Fsp3) is 0.441. The molecule has 2 amide bonds. The Morgan fingerprint density at radius 3 is 2.21 bits per heavy atom. The molecule has 4 rings (SSSR count). The van der Waals surface area contributed by atoms with E-state index < -0.39 is 17.9 Å². The SMILES string of the molecule is COC(=O)CCNC(=O)c1ccc(C(CCC(CCN2CCCCC2)c2ccc(OC)cc2)NC(=O)c2nc(Cl)c(N)nc2N)cc1. The van der Waals surface area contributed by atoms with Gasteiger partial charge in [0.1, 0.15) is 5.75 Å². The summed E-state index contributed by atoms with van der Waals surface area (Å²) in [6.07, 6.45) is 6.12. The molecule has 1 aliphatic heterocycles. The Hall–Kier alpha value is -4.42. The average Bonchev–Trinajstić information content (AvgIpc) is 3.09. The van der Waals surface area contributed by atoms with Crippen molar-refractivity contribution in [1.29, 1.82) is 0 Å². The van der Waals surface area contributed by atoms with Gasteiger partial charge in [0.15, 0.2) is 22.5 Å². The van der Waals surface area contributed by atoms with E-state index in [2.05, 4.69) is 42.4 Å². The van der Waals surface area contributed by atoms with E-state index in [1.807, 2.05) is 12.1 Å². The predicted octanol–water partition coefficient (Wildman–Crippen LogP) is 4.51. The Labute approximate surface area is 280 Å². The van der Waals surface area contributed by atoms with Crippen molar-refractivity contribution in [3.8, 4) is 5.75 Å². The number of benzene rings is 2. The van der Waals surface area contributed by atoms with Crippen LogP contribution in [0.4, 0.5) is 11.6 Å². The lowest BCUT2D eigenvalue weighted by Crippen LogP contribution is -2.32. The highest BCUT2D eigenvalue weighted by molar-refractivity contribution is 6.31. The van der Waals surface area contributed by atoms with E-state index in [1.165, 1.54) is 31.9 Å². The molecule has 13 heteroatoms. The van der Waals surface area contributed by atoms with Crippen molar-refractivity contribution in [3.63, 3.8) is 0 Å². The number of methoxy groups -OCH3 is 2. The molecule has 2 heterocycles. The fourth-order valence-corrected chi connectivity index (χ4v) is 5.88. The largest absolute Gasteiger partial charge is 0.497 e. The number of hydrogen-bond donors (Lipinski definition) is 4. The number of carbonyl (C=O) groups is 3. The number of nitrogens with zero attached hydrogens (tertiary/aromatic N) is 3. The van der Waals surface area contributed by atoms with Gasteiger partial charge in [-0.25, -0.2) is 9.97 Å². The molecule has 252 valence electrons. The molecule has 0 aliphatic carbocycles. The van der Waals surface area contributed by atoms with Crippen molar-refractivity contribution in [3.05, 3.63) is 76.1 Å². The number of ether oxygens (including phenoxy) is 2. The van der Waals surface area contributed by atoms with E-state index >= 15 is 0 Å². The van der Waals surface area contributed by atoms with Crippen molar-refractivity contribution < 1.29 is 23.9 Å². The summed E-state index contributed by atoms with van der Waals surface area (Å²) < 4.78 is 10.0. The maximum atomic E-state index is 13.5. The molecule has 1 saturated heterocycles. The van der Waals surface area contributed by atoms with E-state index in [0.29, 0.717) is 12.0 Å². The van der Waals surface area contributed by atoms with Crippen LogP contribution in [-0.4, -0.2) is 73.1 Å². The maximum absolute atomic E-state index is 13.5. The summed E-state index contributed by atoms with van der Waals surface area (Å²) in [7, 11) is 2.95. The zero-order valence-corrected chi connectivity index (χ0v) is 27.7. The molecule has 2 atom stereocenters. The van der Waals surface area contributed by atoms with Crippen LogP contribution in [0.2, 0.25) is 5.15 Å². The molecular weight excluding hydrogens is 622 g/mol. The molecular formula is C34H44ClN7O5. The van der Waals surface area contributed by atoms with Crippen LogP contribution in [0.5, 0.6) is 5.75 Å². The Kier molecular flexibility index (Phi) is 13.2. The number of anilines is 2. The van der Waals surface area contributed by atoms with Gasteiger partial charge in [-0.1, -0.05) is 42.3 Å². The fourth-order valence-electron chi connectivity index (χ4n) is 5.75. The molecule has 0 spiro atoms. The molecule has 0 saturated carbocycles. The lowest BCUT2D eigenvalue weighted by atomic mass is 9.87. The van der Waals surface area contributed by atoms with Gasteiger partial charge >= 0.3 is 5.97 Å². The summed E-state index contributed by atoms with van der Waals surface area (Å²) in [5, 5.41) is 5.67. The number of piperidine rings is 1. The number of aromatic nitrogens is 2. The minimum absolute atomic E-state index is 0.0613. The summed E-state index contributed by atoms with van der Waals surface area (Å²) in [5.41, 5.74) is 14.0. The summed E-state index contributed by atoms with van der Waals surface area (Å²) >= 11 is 6.07. The Morgan fingerprint density at radius 1 is 0.872 bits per heavy atom. The average molecular weight is 666 g/mol. The van der Waals surface area contributed by atoms with Crippen molar-refractivity contribution >= 4 is 41.0 Å². The van der Waals surface area contributed by atoms with Gasteiger partial charge in [-0.05, 0) is 93.0 Å². The van der Waals surface area contributed by atoms with Crippen LogP contribution in [0.1, 0.15) is 88.9 Å². The number of hydrogen-bond acceptors (Lipinski definition) is 10. The van der Waals surface area contributed by atoms with Gasteiger partial charge in [0.05, 0.1) is 26.7 Å². The van der Waals surface area contributed by atoms with Crippen LogP contribution in [0.15, 0.2) is 48.5 Å². The highest BCUT2D eigenvalue weighted by Crippen LogP contribution is 2.32. The second kappa shape index (κ2) is 17.5. The number of nitrogens with two attached hydrogens (primary N) is 2. The van der Waals surface area contributed by atoms with Crippen molar-refractivity contribution in [1.82, 2.24) is 25.5 Å². The standard InChI is InChI=1S/C34H44ClN7O5/c1-46-26-13-10-22(11-14-26)23(17-21-42-19-4-3-5-20-42)12-15-27(39-34(45)29-31(36)41-32(37)30(35)40-29)24-6-8-25(9-7-24)33(44)38-18-16-28(43)47-2/h6-11,13-14,23,27H,3-5,12,15-21H2,1-2H3,(H,38,44)(H,39,45)(H4,36,37,41). The van der Waals surface area contributed by atoms with Gasteiger partial charge < -0.3 is 36.5 Å². The second-order valence-corrected chi connectivity index (χ2v) is 12.0. The van der Waals surface area contributed by atoms with Crippen LogP contribution in [-0.2, 0) is 9.53 Å². The molecule has 1 aliphatic rings. The van der Waals surface area contributed by atoms with E-state index in [0.717, 1.165) is 43.8 Å². The number of esters is 1. The van der Waals surface area contributed by atoms with Crippen LogP contribution in [0.3, 0.4) is 0 Å². The van der Waals surface area contributed by atoms with Gasteiger partial charge in [0.25, 0.3) is 11.8 Å². The third-order valence-corrected chi connectivity index (χ3v) is 8.75. The van der Waals surface area contributed by atoms with Crippen molar-refractivity contribution in [2.45, 2.75) is 56.9 Å². The first-order valence-corrected chi connectivity index (χ1v) is 16.3. The molecule has 1 fully saturated rings. The molecule has 2 aromatic carbocycles. The molecule has 0 radical (unpaired) electrons.